The maximum Gasteiger partial charge on any atom is 0.341 e. The Morgan fingerprint density at radius 3 is 2.50 bits per heavy atom. The van der Waals surface area contributed by atoms with Gasteiger partial charge in [-0.3, -0.25) is 4.79 Å². The minimum absolute atomic E-state index is 0.159. The monoisotopic (exact) mass is 243 g/mol. The molecule has 0 atom stereocenters. The molecule has 0 aliphatic heterocycles. The Bertz CT molecular complexity index is 629. The number of nitrogens with zero attached hydrogens (tertiary/aromatic N) is 1. The Morgan fingerprint density at radius 1 is 1.22 bits per heavy atom. The van der Waals surface area contributed by atoms with E-state index in [1.54, 1.807) is 19.2 Å². The first-order valence-corrected chi connectivity index (χ1v) is 5.57. The van der Waals surface area contributed by atoms with Crippen LogP contribution in [0, 0.1) is 6.92 Å². The molecule has 1 aromatic carbocycles. The van der Waals surface area contributed by atoms with Crippen molar-refractivity contribution in [2.75, 3.05) is 0 Å². The summed E-state index contributed by atoms with van der Waals surface area (Å²) in [4.78, 5) is 23.1. The number of carboxylic acids is 1. The average molecular weight is 243 g/mol. The van der Waals surface area contributed by atoms with Crippen molar-refractivity contribution < 1.29 is 9.90 Å². The summed E-state index contributed by atoms with van der Waals surface area (Å²) in [5.41, 5.74) is 0.816. The summed E-state index contributed by atoms with van der Waals surface area (Å²) in [6.45, 7) is 2.00. The van der Waals surface area contributed by atoms with Crippen molar-refractivity contribution in [3.05, 3.63) is 69.6 Å². The Hall–Kier alpha value is -2.36. The van der Waals surface area contributed by atoms with Crippen LogP contribution in [0.4, 0.5) is 0 Å². The number of hydrogen-bond donors (Lipinski definition) is 1. The van der Waals surface area contributed by atoms with Gasteiger partial charge in [-0.1, -0.05) is 30.3 Å². The summed E-state index contributed by atoms with van der Waals surface area (Å²) >= 11 is 0. The summed E-state index contributed by atoms with van der Waals surface area (Å²) in [7, 11) is 0. The second-order valence-corrected chi connectivity index (χ2v) is 4.10. The Balaban J connectivity index is 2.45. The minimum atomic E-state index is -1.18. The van der Waals surface area contributed by atoms with Gasteiger partial charge in [0, 0.05) is 6.20 Å². The molecule has 1 N–H and O–H groups in total. The molecule has 0 spiro atoms. The molecule has 2 aromatic rings. The van der Waals surface area contributed by atoms with Crippen LogP contribution in [0.5, 0.6) is 0 Å². The van der Waals surface area contributed by atoms with Crippen molar-refractivity contribution in [1.29, 1.82) is 0 Å². The van der Waals surface area contributed by atoms with Crippen LogP contribution in [-0.2, 0) is 6.54 Å². The summed E-state index contributed by atoms with van der Waals surface area (Å²) in [5, 5.41) is 9.02. The first kappa shape index (κ1) is 12.1. The molecule has 18 heavy (non-hydrogen) atoms. The Labute approximate surface area is 104 Å². The molecule has 0 unspecified atom stereocenters. The van der Waals surface area contributed by atoms with Gasteiger partial charge in [0.15, 0.2) is 0 Å². The van der Waals surface area contributed by atoms with Crippen LogP contribution in [0.25, 0.3) is 0 Å². The molecular weight excluding hydrogens is 230 g/mol. The van der Waals surface area contributed by atoms with E-state index in [2.05, 4.69) is 0 Å². The molecule has 2 rings (SSSR count). The lowest BCUT2D eigenvalue weighted by atomic mass is 10.1. The molecule has 0 saturated carbocycles. The van der Waals surface area contributed by atoms with Crippen molar-refractivity contribution in [1.82, 2.24) is 4.57 Å². The summed E-state index contributed by atoms with van der Waals surface area (Å²) in [5.74, 6) is -1.18. The van der Waals surface area contributed by atoms with Crippen molar-refractivity contribution >= 4 is 5.97 Å². The molecule has 92 valence electrons. The van der Waals surface area contributed by atoms with E-state index in [0.717, 1.165) is 5.56 Å². The number of aromatic nitrogens is 1. The van der Waals surface area contributed by atoms with Gasteiger partial charge in [0.2, 0.25) is 0 Å². The lowest BCUT2D eigenvalue weighted by molar-refractivity contribution is 0.0693. The van der Waals surface area contributed by atoms with Gasteiger partial charge in [-0.15, -0.1) is 0 Å². The van der Waals surface area contributed by atoms with E-state index >= 15 is 0 Å². The number of hydrogen-bond acceptors (Lipinski definition) is 2. The molecule has 1 heterocycles. The largest absolute Gasteiger partial charge is 0.477 e. The lowest BCUT2D eigenvalue weighted by Crippen LogP contribution is -2.27. The van der Waals surface area contributed by atoms with Gasteiger partial charge in [0.25, 0.3) is 5.56 Å². The molecule has 0 saturated heterocycles. The summed E-state index contributed by atoms with van der Waals surface area (Å²) in [6.07, 6.45) is 1.62. The Kier molecular flexibility index (Phi) is 3.28. The normalized spacial score (nSPS) is 10.3. The fourth-order valence-electron chi connectivity index (χ4n) is 1.83. The zero-order valence-electron chi connectivity index (χ0n) is 9.96. The smallest absolute Gasteiger partial charge is 0.341 e. The van der Waals surface area contributed by atoms with Crippen LogP contribution in [-0.4, -0.2) is 15.6 Å². The third-order valence-electron chi connectivity index (χ3n) is 2.78. The zero-order chi connectivity index (χ0) is 13.1. The Morgan fingerprint density at radius 2 is 1.89 bits per heavy atom. The minimum Gasteiger partial charge on any atom is -0.477 e. The van der Waals surface area contributed by atoms with E-state index in [0.29, 0.717) is 12.1 Å². The van der Waals surface area contributed by atoms with Crippen molar-refractivity contribution in [2.45, 2.75) is 13.5 Å². The number of pyridine rings is 1. The highest BCUT2D eigenvalue weighted by Gasteiger charge is 2.14. The van der Waals surface area contributed by atoms with E-state index in [-0.39, 0.29) is 5.56 Å². The van der Waals surface area contributed by atoms with Crippen LogP contribution < -0.4 is 5.56 Å². The molecule has 4 nitrogen and oxygen atoms in total. The van der Waals surface area contributed by atoms with E-state index < -0.39 is 11.5 Å². The van der Waals surface area contributed by atoms with Crippen molar-refractivity contribution in [3.63, 3.8) is 0 Å². The van der Waals surface area contributed by atoms with Crippen LogP contribution in [0.3, 0.4) is 0 Å². The summed E-state index contributed by atoms with van der Waals surface area (Å²) < 4.78 is 1.41. The fraction of sp³-hybridized carbons (Fsp3) is 0.143. The molecule has 4 heteroatoms. The maximum absolute atomic E-state index is 12.0. The molecule has 0 amide bonds. The van der Waals surface area contributed by atoms with Gasteiger partial charge in [-0.05, 0) is 24.1 Å². The second-order valence-electron chi connectivity index (χ2n) is 4.10. The van der Waals surface area contributed by atoms with E-state index in [4.69, 9.17) is 5.11 Å². The molecule has 0 radical (unpaired) electrons. The first-order valence-electron chi connectivity index (χ1n) is 5.57. The van der Waals surface area contributed by atoms with Crippen molar-refractivity contribution in [3.8, 4) is 0 Å². The highest BCUT2D eigenvalue weighted by Crippen LogP contribution is 2.05. The van der Waals surface area contributed by atoms with Gasteiger partial charge in [-0.25, -0.2) is 4.79 Å². The molecule has 1 aromatic heterocycles. The van der Waals surface area contributed by atoms with E-state index in [9.17, 15) is 9.59 Å². The predicted octanol–water partition coefficient (Wildman–Crippen LogP) is 1.90. The standard InChI is InChI=1S/C14H13NO3/c1-10-7-8-15(13(16)12(10)14(17)18)9-11-5-3-2-4-6-11/h2-8H,9H2,1H3,(H,17,18). The van der Waals surface area contributed by atoms with Crippen molar-refractivity contribution in [2.24, 2.45) is 0 Å². The lowest BCUT2D eigenvalue weighted by Gasteiger charge is -2.08. The number of carbonyl (C=O) groups is 1. The van der Waals surface area contributed by atoms with E-state index in [1.807, 2.05) is 30.3 Å². The fourth-order valence-corrected chi connectivity index (χ4v) is 1.83. The number of aryl methyl sites for hydroxylation is 1. The molecule has 0 fully saturated rings. The number of aromatic carboxylic acids is 1. The number of benzene rings is 1. The van der Waals surface area contributed by atoms with Crippen LogP contribution in [0.2, 0.25) is 0 Å². The zero-order valence-corrected chi connectivity index (χ0v) is 9.96. The van der Waals surface area contributed by atoms with Gasteiger partial charge >= 0.3 is 5.97 Å². The molecular formula is C14H13NO3. The number of rotatable bonds is 3. The quantitative estimate of drug-likeness (QED) is 0.895. The topological polar surface area (TPSA) is 59.3 Å². The van der Waals surface area contributed by atoms with E-state index in [1.165, 1.54) is 4.57 Å². The summed E-state index contributed by atoms with van der Waals surface area (Å²) in [6, 6.07) is 11.1. The highest BCUT2D eigenvalue weighted by atomic mass is 16.4. The van der Waals surface area contributed by atoms with Gasteiger partial charge in [0.1, 0.15) is 5.56 Å². The van der Waals surface area contributed by atoms with Crippen LogP contribution in [0.1, 0.15) is 21.5 Å². The SMILES string of the molecule is Cc1ccn(Cc2ccccc2)c(=O)c1C(=O)O. The van der Waals surface area contributed by atoms with Gasteiger partial charge < -0.3 is 9.67 Å². The average Bonchev–Trinajstić information content (AvgIpc) is 2.34. The van der Waals surface area contributed by atoms with Crippen LogP contribution in [0.15, 0.2) is 47.4 Å². The van der Waals surface area contributed by atoms with Gasteiger partial charge in [-0.2, -0.15) is 0 Å². The second kappa shape index (κ2) is 4.87. The third-order valence-corrected chi connectivity index (χ3v) is 2.78. The molecule has 0 aliphatic carbocycles. The van der Waals surface area contributed by atoms with Gasteiger partial charge in [0.05, 0.1) is 6.54 Å². The van der Waals surface area contributed by atoms with Crippen LogP contribution >= 0.6 is 0 Å². The maximum atomic E-state index is 12.0. The highest BCUT2D eigenvalue weighted by molar-refractivity contribution is 5.88. The third kappa shape index (κ3) is 2.32. The molecule has 0 aliphatic rings. The predicted molar refractivity (Wildman–Crippen MR) is 67.9 cm³/mol. The number of carboxylic acid groups (broad SMARTS) is 1. The first-order chi connectivity index (χ1) is 8.59. The molecule has 0 bridgehead atoms.